The second-order valence-electron chi connectivity index (χ2n) is 3.93. The van der Waals surface area contributed by atoms with Gasteiger partial charge in [0.1, 0.15) is 0 Å². The molecule has 3 nitrogen and oxygen atoms in total. The fraction of sp³-hybridized carbons (Fsp3) is 0.700. The monoisotopic (exact) mass is 211 g/mol. The Morgan fingerprint density at radius 1 is 1.71 bits per heavy atom. The van der Waals surface area contributed by atoms with E-state index >= 15 is 0 Å². The normalized spacial score (nSPS) is 27.0. The lowest BCUT2D eigenvalue weighted by atomic mass is 10.2. The number of hydrogen-bond acceptors (Lipinski definition) is 3. The lowest BCUT2D eigenvalue weighted by molar-refractivity contribution is 0.533. The van der Waals surface area contributed by atoms with E-state index in [9.17, 15) is 0 Å². The average molecular weight is 211 g/mol. The summed E-state index contributed by atoms with van der Waals surface area (Å²) in [6.45, 7) is 5.26. The van der Waals surface area contributed by atoms with Crippen molar-refractivity contribution >= 4 is 11.8 Å². The van der Waals surface area contributed by atoms with Gasteiger partial charge in [-0.2, -0.15) is 11.8 Å². The minimum atomic E-state index is 0.672. The highest BCUT2D eigenvalue weighted by Gasteiger charge is 2.21. The molecule has 1 aromatic heterocycles. The second kappa shape index (κ2) is 4.36. The van der Waals surface area contributed by atoms with Gasteiger partial charge >= 0.3 is 0 Å². The molecule has 1 fully saturated rings. The fourth-order valence-corrected chi connectivity index (χ4v) is 2.95. The van der Waals surface area contributed by atoms with Gasteiger partial charge in [-0.15, -0.1) is 0 Å². The van der Waals surface area contributed by atoms with Crippen molar-refractivity contribution in [2.45, 2.75) is 38.1 Å². The molecule has 0 aromatic carbocycles. The SMILES string of the molecule is Cc1[nH]cnc1CNC1CSC(C)C1. The minimum absolute atomic E-state index is 0.672. The smallest absolute Gasteiger partial charge is 0.0925 e. The van der Waals surface area contributed by atoms with Gasteiger partial charge in [0.15, 0.2) is 0 Å². The van der Waals surface area contributed by atoms with Crippen molar-refractivity contribution in [3.05, 3.63) is 17.7 Å². The maximum Gasteiger partial charge on any atom is 0.0925 e. The standard InChI is InChI=1S/C10H17N3S/c1-7-3-9(5-14-7)11-4-10-8(2)12-6-13-10/h6-7,9,11H,3-5H2,1-2H3,(H,12,13). The molecular weight excluding hydrogens is 194 g/mol. The number of hydrogen-bond donors (Lipinski definition) is 2. The topological polar surface area (TPSA) is 40.7 Å². The largest absolute Gasteiger partial charge is 0.348 e. The average Bonchev–Trinajstić information content (AvgIpc) is 2.72. The predicted molar refractivity (Wildman–Crippen MR) is 60.5 cm³/mol. The zero-order chi connectivity index (χ0) is 9.97. The minimum Gasteiger partial charge on any atom is -0.348 e. The number of aromatic nitrogens is 2. The molecule has 1 aromatic rings. The maximum absolute atomic E-state index is 4.27. The molecule has 1 saturated heterocycles. The van der Waals surface area contributed by atoms with Gasteiger partial charge in [0.05, 0.1) is 12.0 Å². The van der Waals surface area contributed by atoms with E-state index in [2.05, 4.69) is 40.9 Å². The molecule has 1 aliphatic heterocycles. The summed E-state index contributed by atoms with van der Waals surface area (Å²) in [5.74, 6) is 1.24. The van der Waals surface area contributed by atoms with Crippen LogP contribution in [0.2, 0.25) is 0 Å². The van der Waals surface area contributed by atoms with Crippen LogP contribution in [0.25, 0.3) is 0 Å². The molecule has 14 heavy (non-hydrogen) atoms. The number of imidazole rings is 1. The third-order valence-corrected chi connectivity index (χ3v) is 4.05. The maximum atomic E-state index is 4.27. The Morgan fingerprint density at radius 2 is 2.57 bits per heavy atom. The van der Waals surface area contributed by atoms with Crippen LogP contribution < -0.4 is 5.32 Å². The summed E-state index contributed by atoms with van der Waals surface area (Å²) in [5, 5.41) is 4.36. The first-order chi connectivity index (χ1) is 6.75. The van der Waals surface area contributed by atoms with E-state index in [1.54, 1.807) is 6.33 Å². The quantitative estimate of drug-likeness (QED) is 0.799. The molecule has 2 unspecified atom stereocenters. The van der Waals surface area contributed by atoms with Gasteiger partial charge in [-0.3, -0.25) is 0 Å². The van der Waals surface area contributed by atoms with Crippen LogP contribution in [0, 0.1) is 6.92 Å². The van der Waals surface area contributed by atoms with Gasteiger partial charge in [-0.1, -0.05) is 6.92 Å². The number of H-pyrrole nitrogens is 1. The van der Waals surface area contributed by atoms with Crippen LogP contribution >= 0.6 is 11.8 Å². The molecule has 0 saturated carbocycles. The number of nitrogens with one attached hydrogen (secondary N) is 2. The number of thioether (sulfide) groups is 1. The number of rotatable bonds is 3. The molecule has 0 aliphatic carbocycles. The van der Waals surface area contributed by atoms with Crippen molar-refractivity contribution in [3.63, 3.8) is 0 Å². The van der Waals surface area contributed by atoms with Crippen molar-refractivity contribution in [3.8, 4) is 0 Å². The van der Waals surface area contributed by atoms with E-state index < -0.39 is 0 Å². The summed E-state index contributed by atoms with van der Waals surface area (Å²) in [6.07, 6.45) is 3.05. The summed E-state index contributed by atoms with van der Waals surface area (Å²) in [7, 11) is 0. The number of nitrogens with zero attached hydrogens (tertiary/aromatic N) is 1. The van der Waals surface area contributed by atoms with E-state index in [4.69, 9.17) is 0 Å². The van der Waals surface area contributed by atoms with Gasteiger partial charge in [-0.05, 0) is 13.3 Å². The second-order valence-corrected chi connectivity index (χ2v) is 5.40. The highest BCUT2D eigenvalue weighted by Crippen LogP contribution is 2.25. The van der Waals surface area contributed by atoms with Crippen LogP contribution in [0.15, 0.2) is 6.33 Å². The van der Waals surface area contributed by atoms with E-state index in [0.717, 1.165) is 17.5 Å². The molecule has 0 radical (unpaired) electrons. The summed E-state index contributed by atoms with van der Waals surface area (Å²) in [5.41, 5.74) is 2.32. The first kappa shape index (κ1) is 10.1. The molecule has 0 amide bonds. The van der Waals surface area contributed by atoms with Gasteiger partial charge in [0.25, 0.3) is 0 Å². The van der Waals surface area contributed by atoms with Crippen molar-refractivity contribution < 1.29 is 0 Å². The molecule has 0 bridgehead atoms. The lowest BCUT2D eigenvalue weighted by Crippen LogP contribution is -2.28. The number of aryl methyl sites for hydroxylation is 1. The summed E-state index contributed by atoms with van der Waals surface area (Å²) >= 11 is 2.06. The van der Waals surface area contributed by atoms with E-state index in [1.165, 1.54) is 17.9 Å². The van der Waals surface area contributed by atoms with Gasteiger partial charge in [0, 0.05) is 29.3 Å². The van der Waals surface area contributed by atoms with Crippen LogP contribution in [-0.4, -0.2) is 27.0 Å². The molecule has 2 heterocycles. The van der Waals surface area contributed by atoms with Crippen molar-refractivity contribution in [1.29, 1.82) is 0 Å². The molecular formula is C10H17N3S. The zero-order valence-electron chi connectivity index (χ0n) is 8.71. The summed E-state index contributed by atoms with van der Waals surface area (Å²) in [6, 6.07) is 0.672. The van der Waals surface area contributed by atoms with E-state index in [0.29, 0.717) is 6.04 Å². The summed E-state index contributed by atoms with van der Waals surface area (Å²) in [4.78, 5) is 7.37. The Kier molecular flexibility index (Phi) is 3.13. The molecule has 78 valence electrons. The molecule has 1 aliphatic rings. The van der Waals surface area contributed by atoms with Crippen molar-refractivity contribution in [2.24, 2.45) is 0 Å². The molecule has 0 spiro atoms. The summed E-state index contributed by atoms with van der Waals surface area (Å²) < 4.78 is 0. The third kappa shape index (κ3) is 2.30. The molecule has 2 atom stereocenters. The molecule has 2 N–H and O–H groups in total. The van der Waals surface area contributed by atoms with Gasteiger partial charge in [0.2, 0.25) is 0 Å². The lowest BCUT2D eigenvalue weighted by Gasteiger charge is -2.10. The van der Waals surface area contributed by atoms with Crippen LogP contribution in [0.3, 0.4) is 0 Å². The first-order valence-corrected chi connectivity index (χ1v) is 6.14. The fourth-order valence-electron chi connectivity index (χ4n) is 1.77. The third-order valence-electron chi connectivity index (χ3n) is 2.69. The Bertz CT molecular complexity index is 297. The van der Waals surface area contributed by atoms with Crippen LogP contribution in [0.1, 0.15) is 24.7 Å². The Morgan fingerprint density at radius 3 is 3.14 bits per heavy atom. The first-order valence-electron chi connectivity index (χ1n) is 5.09. The Labute approximate surface area is 89.1 Å². The predicted octanol–water partition coefficient (Wildman–Crippen LogP) is 1.70. The molecule has 4 heteroatoms. The van der Waals surface area contributed by atoms with Gasteiger partial charge < -0.3 is 10.3 Å². The van der Waals surface area contributed by atoms with Crippen LogP contribution in [0.4, 0.5) is 0 Å². The van der Waals surface area contributed by atoms with E-state index in [1.807, 2.05) is 0 Å². The highest BCUT2D eigenvalue weighted by molar-refractivity contribution is 8.00. The number of aromatic amines is 1. The Hall–Kier alpha value is -0.480. The zero-order valence-corrected chi connectivity index (χ0v) is 9.53. The van der Waals surface area contributed by atoms with E-state index in [-0.39, 0.29) is 0 Å². The Balaban J connectivity index is 1.80. The van der Waals surface area contributed by atoms with Crippen molar-refractivity contribution in [1.82, 2.24) is 15.3 Å². The van der Waals surface area contributed by atoms with Crippen LogP contribution in [-0.2, 0) is 6.54 Å². The van der Waals surface area contributed by atoms with Gasteiger partial charge in [-0.25, -0.2) is 4.98 Å². The van der Waals surface area contributed by atoms with Crippen molar-refractivity contribution in [2.75, 3.05) is 5.75 Å². The van der Waals surface area contributed by atoms with Crippen LogP contribution in [0.5, 0.6) is 0 Å². The highest BCUT2D eigenvalue weighted by atomic mass is 32.2. The molecule has 2 rings (SSSR count).